The van der Waals surface area contributed by atoms with Gasteiger partial charge in [-0.1, -0.05) is 43.6 Å². The minimum absolute atomic E-state index is 0.0433. The molecule has 2 aromatic rings. The van der Waals surface area contributed by atoms with Crippen LogP contribution in [0.1, 0.15) is 43.7 Å². The molecule has 1 heterocycles. The van der Waals surface area contributed by atoms with E-state index in [4.69, 9.17) is 11.6 Å². The summed E-state index contributed by atoms with van der Waals surface area (Å²) in [7, 11) is -3.78. The number of amides is 1. The molecule has 0 aromatic heterocycles. The van der Waals surface area contributed by atoms with Gasteiger partial charge in [0.05, 0.1) is 9.92 Å². The number of carbonyl (C=O) groups excluding carboxylic acids is 1. The van der Waals surface area contributed by atoms with Crippen LogP contribution >= 0.6 is 11.6 Å². The number of nitrogens with zero attached hydrogens (tertiary/aromatic N) is 1. The van der Waals surface area contributed by atoms with Crippen molar-refractivity contribution < 1.29 is 17.6 Å². The molecule has 30 heavy (non-hydrogen) atoms. The van der Waals surface area contributed by atoms with Crippen LogP contribution in [0.25, 0.3) is 0 Å². The third-order valence-electron chi connectivity index (χ3n) is 5.53. The van der Waals surface area contributed by atoms with E-state index in [1.54, 1.807) is 0 Å². The predicted octanol–water partition coefficient (Wildman–Crippen LogP) is 4.95. The summed E-state index contributed by atoms with van der Waals surface area (Å²) in [6, 6.07) is 9.33. The number of anilines is 1. The Hall–Kier alpha value is -1.96. The van der Waals surface area contributed by atoms with Crippen molar-refractivity contribution in [3.8, 4) is 0 Å². The fraction of sp³-hybridized carbons (Fsp3) is 0.409. The third-order valence-corrected chi connectivity index (χ3v) is 7.71. The first-order valence-corrected chi connectivity index (χ1v) is 11.8. The zero-order valence-corrected chi connectivity index (χ0v) is 18.9. The highest BCUT2D eigenvalue weighted by atomic mass is 35.5. The zero-order chi connectivity index (χ0) is 22.1. The van der Waals surface area contributed by atoms with Crippen molar-refractivity contribution in [3.63, 3.8) is 0 Å². The molecule has 0 radical (unpaired) electrons. The lowest BCUT2D eigenvalue weighted by Gasteiger charge is -2.31. The highest BCUT2D eigenvalue weighted by Crippen LogP contribution is 2.30. The second-order valence-corrected chi connectivity index (χ2v) is 10.3. The van der Waals surface area contributed by atoms with Crippen LogP contribution in [-0.4, -0.2) is 31.7 Å². The molecule has 162 valence electrons. The van der Waals surface area contributed by atoms with Crippen LogP contribution in [0.4, 0.5) is 10.1 Å². The average molecular weight is 453 g/mol. The first-order valence-electron chi connectivity index (χ1n) is 9.97. The summed E-state index contributed by atoms with van der Waals surface area (Å²) in [4.78, 5) is 12.8. The highest BCUT2D eigenvalue weighted by molar-refractivity contribution is 7.89. The number of hydrogen-bond acceptors (Lipinski definition) is 3. The Kier molecular flexibility index (Phi) is 6.84. The Morgan fingerprint density at radius 2 is 1.87 bits per heavy atom. The second kappa shape index (κ2) is 9.04. The molecule has 0 spiro atoms. The van der Waals surface area contributed by atoms with Crippen LogP contribution in [0.3, 0.4) is 0 Å². The monoisotopic (exact) mass is 452 g/mol. The molecule has 5 nitrogen and oxygen atoms in total. The summed E-state index contributed by atoms with van der Waals surface area (Å²) in [6.07, 6.45) is 0.839. The minimum Gasteiger partial charge on any atom is -0.325 e. The number of aryl methyl sites for hydroxylation is 1. The highest BCUT2D eigenvalue weighted by Gasteiger charge is 2.32. The summed E-state index contributed by atoms with van der Waals surface area (Å²) in [5.74, 6) is -0.751. The Morgan fingerprint density at radius 1 is 1.20 bits per heavy atom. The lowest BCUT2D eigenvalue weighted by atomic mass is 9.95. The van der Waals surface area contributed by atoms with Gasteiger partial charge in [0.15, 0.2) is 0 Å². The number of para-hydroxylation sites is 1. The summed E-state index contributed by atoms with van der Waals surface area (Å²) >= 11 is 5.74. The molecule has 1 fully saturated rings. The summed E-state index contributed by atoms with van der Waals surface area (Å²) < 4.78 is 40.4. The van der Waals surface area contributed by atoms with Crippen LogP contribution in [0.2, 0.25) is 5.02 Å². The SMILES string of the molecule is Cc1cccc(C(C)C)c1NC(=O)C1CCN(S(=O)(=O)c2ccc(F)c(Cl)c2)CC1. The van der Waals surface area contributed by atoms with Crippen LogP contribution in [0.15, 0.2) is 41.3 Å². The van der Waals surface area contributed by atoms with Gasteiger partial charge in [-0.05, 0) is 55.0 Å². The van der Waals surface area contributed by atoms with Crippen molar-refractivity contribution in [1.29, 1.82) is 0 Å². The van der Waals surface area contributed by atoms with Gasteiger partial charge in [-0.2, -0.15) is 4.31 Å². The van der Waals surface area contributed by atoms with Crippen molar-refractivity contribution in [3.05, 3.63) is 58.4 Å². The average Bonchev–Trinajstić information content (AvgIpc) is 2.71. The predicted molar refractivity (Wildman–Crippen MR) is 117 cm³/mol. The molecule has 2 aromatic carbocycles. The molecule has 1 amide bonds. The van der Waals surface area contributed by atoms with Crippen LogP contribution in [0, 0.1) is 18.7 Å². The first-order chi connectivity index (χ1) is 14.1. The number of sulfonamides is 1. The van der Waals surface area contributed by atoms with E-state index in [0.717, 1.165) is 28.9 Å². The smallest absolute Gasteiger partial charge is 0.243 e. The first kappa shape index (κ1) is 22.7. The standard InChI is InChI=1S/C22H26ClFN2O3S/c1-14(2)18-6-4-5-15(3)21(18)25-22(27)16-9-11-26(12-10-16)30(28,29)17-7-8-20(24)19(23)13-17/h4-8,13-14,16H,9-12H2,1-3H3,(H,25,27). The van der Waals surface area contributed by atoms with Crippen molar-refractivity contribution in [2.75, 3.05) is 18.4 Å². The van der Waals surface area contributed by atoms with Crippen molar-refractivity contribution >= 4 is 33.2 Å². The number of hydrogen-bond donors (Lipinski definition) is 1. The van der Waals surface area contributed by atoms with Gasteiger partial charge < -0.3 is 5.32 Å². The number of nitrogens with one attached hydrogen (secondary N) is 1. The van der Waals surface area contributed by atoms with Crippen molar-refractivity contribution in [2.24, 2.45) is 5.92 Å². The number of piperidine rings is 1. The van der Waals surface area contributed by atoms with Gasteiger partial charge in [-0.25, -0.2) is 12.8 Å². The number of rotatable bonds is 5. The maximum absolute atomic E-state index is 13.4. The van der Waals surface area contributed by atoms with Gasteiger partial charge in [0, 0.05) is 24.7 Å². The van der Waals surface area contributed by atoms with Crippen LogP contribution < -0.4 is 5.32 Å². The lowest BCUT2D eigenvalue weighted by Crippen LogP contribution is -2.41. The maximum Gasteiger partial charge on any atom is 0.243 e. The number of halogens is 2. The molecule has 1 aliphatic rings. The van der Waals surface area contributed by atoms with E-state index in [9.17, 15) is 17.6 Å². The van der Waals surface area contributed by atoms with Crippen molar-refractivity contribution in [2.45, 2.75) is 44.4 Å². The third kappa shape index (κ3) is 4.68. The molecule has 0 aliphatic carbocycles. The number of carbonyl (C=O) groups is 1. The largest absolute Gasteiger partial charge is 0.325 e. The molecular formula is C22H26ClFN2O3S. The fourth-order valence-corrected chi connectivity index (χ4v) is 5.45. The van der Waals surface area contributed by atoms with Gasteiger partial charge in [0.25, 0.3) is 0 Å². The molecule has 1 saturated heterocycles. The van der Waals surface area contributed by atoms with E-state index in [-0.39, 0.29) is 40.8 Å². The molecule has 0 atom stereocenters. The van der Waals surface area contributed by atoms with Gasteiger partial charge in [0.2, 0.25) is 15.9 Å². The molecule has 0 bridgehead atoms. The molecular weight excluding hydrogens is 427 g/mol. The van der Waals surface area contributed by atoms with E-state index < -0.39 is 15.8 Å². The Labute approximate surface area is 182 Å². The van der Waals surface area contributed by atoms with E-state index in [1.165, 1.54) is 10.4 Å². The Bertz CT molecular complexity index is 1050. The maximum atomic E-state index is 13.4. The molecule has 0 unspecified atom stereocenters. The van der Waals surface area contributed by atoms with Gasteiger partial charge in [-0.15, -0.1) is 0 Å². The summed E-state index contributed by atoms with van der Waals surface area (Å²) in [5, 5.41) is 2.83. The second-order valence-electron chi connectivity index (χ2n) is 7.94. The van der Waals surface area contributed by atoms with Crippen LogP contribution in [0.5, 0.6) is 0 Å². The Morgan fingerprint density at radius 3 is 2.47 bits per heavy atom. The van der Waals surface area contributed by atoms with E-state index in [0.29, 0.717) is 12.8 Å². The van der Waals surface area contributed by atoms with Gasteiger partial charge >= 0.3 is 0 Å². The van der Waals surface area contributed by atoms with E-state index >= 15 is 0 Å². The quantitative estimate of drug-likeness (QED) is 0.697. The van der Waals surface area contributed by atoms with Gasteiger partial charge in [0.1, 0.15) is 5.82 Å². The minimum atomic E-state index is -3.78. The molecule has 3 rings (SSSR count). The summed E-state index contributed by atoms with van der Waals surface area (Å²) in [5.41, 5.74) is 2.92. The van der Waals surface area contributed by atoms with E-state index in [1.807, 2.05) is 25.1 Å². The Balaban J connectivity index is 1.68. The van der Waals surface area contributed by atoms with Crippen LogP contribution in [-0.2, 0) is 14.8 Å². The van der Waals surface area contributed by atoms with Crippen molar-refractivity contribution in [1.82, 2.24) is 4.31 Å². The lowest BCUT2D eigenvalue weighted by molar-refractivity contribution is -0.120. The molecule has 1 aliphatic heterocycles. The summed E-state index contributed by atoms with van der Waals surface area (Å²) in [6.45, 7) is 6.57. The van der Waals surface area contributed by atoms with E-state index in [2.05, 4.69) is 19.2 Å². The normalized spacial score (nSPS) is 16.1. The molecule has 0 saturated carbocycles. The molecule has 1 N–H and O–H groups in total. The fourth-order valence-electron chi connectivity index (χ4n) is 3.71. The van der Waals surface area contributed by atoms with Gasteiger partial charge in [-0.3, -0.25) is 4.79 Å². The topological polar surface area (TPSA) is 66.5 Å². The number of benzene rings is 2. The molecule has 8 heteroatoms. The zero-order valence-electron chi connectivity index (χ0n) is 17.3.